The number of anilines is 1. The van der Waals surface area contributed by atoms with E-state index in [1.165, 1.54) is 42.5 Å². The topological polar surface area (TPSA) is 110 Å². The molecule has 3 rings (SSSR count). The van der Waals surface area contributed by atoms with Crippen LogP contribution in [0.2, 0.25) is 0 Å². The first-order chi connectivity index (χ1) is 15.2. The fraction of sp³-hybridized carbons (Fsp3) is 0.136. The zero-order valence-corrected chi connectivity index (χ0v) is 19.0. The van der Waals surface area contributed by atoms with E-state index >= 15 is 0 Å². The Morgan fingerprint density at radius 2 is 1.72 bits per heavy atom. The van der Waals surface area contributed by atoms with Crippen LogP contribution >= 0.6 is 11.8 Å². The number of nitrogens with one attached hydrogen (secondary N) is 1. The van der Waals surface area contributed by atoms with Gasteiger partial charge in [0, 0.05) is 41.9 Å². The molecule has 0 bridgehead atoms. The van der Waals surface area contributed by atoms with Crippen LogP contribution in [-0.2, 0) is 16.6 Å². The first-order valence-corrected chi connectivity index (χ1v) is 12.2. The highest BCUT2D eigenvalue weighted by Gasteiger charge is 2.18. The van der Waals surface area contributed by atoms with Crippen molar-refractivity contribution < 1.29 is 18.1 Å². The van der Waals surface area contributed by atoms with Crippen molar-refractivity contribution >= 4 is 39.1 Å². The number of sulfonamides is 1. The number of amides is 1. The monoisotopic (exact) mass is 471 g/mol. The van der Waals surface area contributed by atoms with Crippen molar-refractivity contribution in [1.29, 1.82) is 0 Å². The van der Waals surface area contributed by atoms with Crippen molar-refractivity contribution in [2.24, 2.45) is 0 Å². The Balaban J connectivity index is 1.69. The molecule has 0 atom stereocenters. The molecule has 0 aliphatic carbocycles. The molecule has 0 spiro atoms. The number of carbonyl (C=O) groups excluding carboxylic acids is 1. The summed E-state index contributed by atoms with van der Waals surface area (Å²) >= 11 is 1.65. The largest absolute Gasteiger partial charge is 0.337 e. The normalized spacial score (nSPS) is 11.1. The molecule has 3 aromatic carbocycles. The summed E-state index contributed by atoms with van der Waals surface area (Å²) in [5.74, 6) is -0.202. The molecule has 166 valence electrons. The molecule has 0 aliphatic heterocycles. The third-order valence-corrected chi connectivity index (χ3v) is 6.77. The van der Waals surface area contributed by atoms with Crippen molar-refractivity contribution in [2.45, 2.75) is 16.3 Å². The third kappa shape index (κ3) is 5.65. The molecule has 0 fully saturated rings. The van der Waals surface area contributed by atoms with Crippen LogP contribution in [0, 0.1) is 10.1 Å². The molecule has 3 aromatic rings. The first-order valence-electron chi connectivity index (χ1n) is 9.45. The number of rotatable bonds is 8. The summed E-state index contributed by atoms with van der Waals surface area (Å²) < 4.78 is 27.5. The number of hydrogen-bond acceptors (Lipinski definition) is 6. The van der Waals surface area contributed by atoms with Crippen LogP contribution in [0.15, 0.2) is 82.6 Å². The Bertz CT molecular complexity index is 1230. The van der Waals surface area contributed by atoms with Crippen molar-refractivity contribution in [3.63, 3.8) is 0 Å². The molecule has 8 nitrogen and oxygen atoms in total. The Hall–Kier alpha value is -3.37. The number of benzene rings is 3. The SMILES string of the molecule is CSc1ccc(CN(C)C(=O)c2ccc(NS(=O)(=O)c3cccc([N+](=O)[O-])c3)cc2)cc1. The summed E-state index contributed by atoms with van der Waals surface area (Å²) in [5.41, 5.74) is 1.33. The minimum Gasteiger partial charge on any atom is -0.337 e. The molecule has 0 saturated carbocycles. The van der Waals surface area contributed by atoms with Crippen molar-refractivity contribution in [3.8, 4) is 0 Å². The lowest BCUT2D eigenvalue weighted by Gasteiger charge is -2.18. The van der Waals surface area contributed by atoms with E-state index in [1.807, 2.05) is 30.5 Å². The summed E-state index contributed by atoms with van der Waals surface area (Å²) in [4.78, 5) is 25.4. The number of carbonyl (C=O) groups is 1. The van der Waals surface area contributed by atoms with Crippen LogP contribution in [0.1, 0.15) is 15.9 Å². The second-order valence-corrected chi connectivity index (χ2v) is 9.51. The highest BCUT2D eigenvalue weighted by molar-refractivity contribution is 7.98. The van der Waals surface area contributed by atoms with Crippen LogP contribution in [0.5, 0.6) is 0 Å². The summed E-state index contributed by atoms with van der Waals surface area (Å²) in [6.07, 6.45) is 2.00. The van der Waals surface area contributed by atoms with Gasteiger partial charge < -0.3 is 4.90 Å². The Kier molecular flexibility index (Phi) is 7.16. The van der Waals surface area contributed by atoms with Crippen LogP contribution in [0.3, 0.4) is 0 Å². The highest BCUT2D eigenvalue weighted by Crippen LogP contribution is 2.21. The number of nitro benzene ring substituents is 1. The molecule has 0 saturated heterocycles. The summed E-state index contributed by atoms with van der Waals surface area (Å²) in [6, 6.07) is 18.7. The molecule has 1 N–H and O–H groups in total. The predicted octanol–water partition coefficient (Wildman–Crippen LogP) is 4.39. The summed E-state index contributed by atoms with van der Waals surface area (Å²) in [6.45, 7) is 0.439. The van der Waals surface area contributed by atoms with E-state index in [0.29, 0.717) is 12.1 Å². The molecule has 10 heteroatoms. The lowest BCUT2D eigenvalue weighted by molar-refractivity contribution is -0.385. The van der Waals surface area contributed by atoms with Gasteiger partial charge in [0.05, 0.1) is 9.82 Å². The van der Waals surface area contributed by atoms with Crippen molar-refractivity contribution in [2.75, 3.05) is 18.0 Å². The standard InChI is InChI=1S/C22H21N3O5S2/c1-24(15-16-6-12-20(31-2)13-7-16)22(26)17-8-10-18(11-9-17)23-32(29,30)21-5-3-4-19(14-21)25(27)28/h3-14,23H,15H2,1-2H3. The molecule has 0 aliphatic rings. The summed E-state index contributed by atoms with van der Waals surface area (Å²) in [7, 11) is -2.32. The van der Waals surface area contributed by atoms with Gasteiger partial charge in [-0.15, -0.1) is 11.8 Å². The lowest BCUT2D eigenvalue weighted by atomic mass is 10.1. The fourth-order valence-corrected chi connectivity index (χ4v) is 4.46. The Morgan fingerprint density at radius 3 is 2.31 bits per heavy atom. The maximum absolute atomic E-state index is 12.7. The fourth-order valence-electron chi connectivity index (χ4n) is 2.96. The number of non-ortho nitro benzene ring substituents is 1. The number of nitrogens with zero attached hydrogens (tertiary/aromatic N) is 2. The van der Waals surface area contributed by atoms with Gasteiger partial charge in [0.1, 0.15) is 0 Å². The van der Waals surface area contributed by atoms with Gasteiger partial charge in [0.25, 0.3) is 21.6 Å². The van der Waals surface area contributed by atoms with E-state index < -0.39 is 14.9 Å². The summed E-state index contributed by atoms with van der Waals surface area (Å²) in [5, 5.41) is 10.9. The van der Waals surface area contributed by atoms with Gasteiger partial charge >= 0.3 is 0 Å². The maximum Gasteiger partial charge on any atom is 0.270 e. The average Bonchev–Trinajstić information content (AvgIpc) is 2.79. The number of hydrogen-bond donors (Lipinski definition) is 1. The highest BCUT2D eigenvalue weighted by atomic mass is 32.2. The van der Waals surface area contributed by atoms with E-state index in [9.17, 15) is 23.3 Å². The van der Waals surface area contributed by atoms with E-state index in [4.69, 9.17) is 0 Å². The molecular formula is C22H21N3O5S2. The van der Waals surface area contributed by atoms with E-state index in [2.05, 4.69) is 4.72 Å². The van der Waals surface area contributed by atoms with E-state index in [0.717, 1.165) is 16.5 Å². The van der Waals surface area contributed by atoms with Gasteiger partial charge in [-0.3, -0.25) is 19.6 Å². The first kappa shape index (κ1) is 23.3. The van der Waals surface area contributed by atoms with Crippen LogP contribution in [0.25, 0.3) is 0 Å². The van der Waals surface area contributed by atoms with Gasteiger partial charge in [-0.1, -0.05) is 18.2 Å². The molecule has 0 unspecified atom stereocenters. The Morgan fingerprint density at radius 1 is 1.06 bits per heavy atom. The number of thioether (sulfide) groups is 1. The zero-order chi connectivity index (χ0) is 23.3. The minimum atomic E-state index is -4.02. The molecule has 0 radical (unpaired) electrons. The van der Waals surface area contributed by atoms with Gasteiger partial charge in [0.2, 0.25) is 0 Å². The minimum absolute atomic E-state index is 0.202. The number of nitro groups is 1. The van der Waals surface area contributed by atoms with E-state index in [1.54, 1.807) is 23.7 Å². The maximum atomic E-state index is 12.7. The zero-order valence-electron chi connectivity index (χ0n) is 17.4. The van der Waals surface area contributed by atoms with Gasteiger partial charge in [-0.2, -0.15) is 0 Å². The van der Waals surface area contributed by atoms with Crippen LogP contribution in [-0.4, -0.2) is 37.5 Å². The van der Waals surface area contributed by atoms with Gasteiger partial charge in [-0.05, 0) is 54.3 Å². The second kappa shape index (κ2) is 9.84. The molecule has 0 aromatic heterocycles. The molecule has 1 amide bonds. The smallest absolute Gasteiger partial charge is 0.270 e. The van der Waals surface area contributed by atoms with Crippen LogP contribution < -0.4 is 4.72 Å². The molecule has 32 heavy (non-hydrogen) atoms. The lowest BCUT2D eigenvalue weighted by Crippen LogP contribution is -2.26. The van der Waals surface area contributed by atoms with Crippen LogP contribution in [0.4, 0.5) is 11.4 Å². The third-order valence-electron chi connectivity index (χ3n) is 4.65. The molecular weight excluding hydrogens is 450 g/mol. The van der Waals surface area contributed by atoms with Crippen molar-refractivity contribution in [1.82, 2.24) is 4.90 Å². The predicted molar refractivity (Wildman–Crippen MR) is 124 cm³/mol. The van der Waals surface area contributed by atoms with Crippen molar-refractivity contribution in [3.05, 3.63) is 94.0 Å². The van der Waals surface area contributed by atoms with Gasteiger partial charge in [0.15, 0.2) is 0 Å². The average molecular weight is 472 g/mol. The second-order valence-electron chi connectivity index (χ2n) is 6.95. The van der Waals surface area contributed by atoms with Gasteiger partial charge in [-0.25, -0.2) is 8.42 Å². The quantitative estimate of drug-likeness (QED) is 0.296. The molecule has 0 heterocycles. The van der Waals surface area contributed by atoms with E-state index in [-0.39, 0.29) is 22.2 Å². The Labute approximate surface area is 190 Å².